The minimum atomic E-state index is 0.176. The van der Waals surface area contributed by atoms with Crippen molar-refractivity contribution in [2.45, 2.75) is 32.6 Å². The van der Waals surface area contributed by atoms with E-state index in [9.17, 15) is 4.79 Å². The molecule has 108 valence electrons. The largest absolute Gasteiger partial charge is 0.326 e. The van der Waals surface area contributed by atoms with Gasteiger partial charge >= 0.3 is 0 Å². The summed E-state index contributed by atoms with van der Waals surface area (Å²) in [6.45, 7) is 2.10. The Kier molecular flexibility index (Phi) is 4.05. The molecule has 1 amide bonds. The summed E-state index contributed by atoms with van der Waals surface area (Å²) in [5.74, 6) is 0.377. The van der Waals surface area contributed by atoms with Crippen LogP contribution in [0.4, 0.5) is 5.69 Å². The molecule has 2 aromatic rings. The molecule has 0 bridgehead atoms. The van der Waals surface area contributed by atoms with Gasteiger partial charge in [0.2, 0.25) is 5.91 Å². The van der Waals surface area contributed by atoms with E-state index in [1.54, 1.807) is 0 Å². The Balaban J connectivity index is 1.82. The molecule has 2 nitrogen and oxygen atoms in total. The Morgan fingerprint density at radius 2 is 1.76 bits per heavy atom. The number of anilines is 1. The van der Waals surface area contributed by atoms with Gasteiger partial charge in [-0.3, -0.25) is 4.79 Å². The minimum Gasteiger partial charge on any atom is -0.326 e. The Morgan fingerprint density at radius 3 is 2.48 bits per heavy atom. The van der Waals surface area contributed by atoms with Crippen molar-refractivity contribution in [2.75, 3.05) is 5.32 Å². The number of hydrogen-bond donors (Lipinski definition) is 1. The van der Waals surface area contributed by atoms with Crippen molar-refractivity contribution < 1.29 is 4.79 Å². The van der Waals surface area contributed by atoms with Crippen molar-refractivity contribution in [3.8, 4) is 11.1 Å². The molecule has 0 spiro atoms. The van der Waals surface area contributed by atoms with Crippen LogP contribution in [0.1, 0.15) is 31.2 Å². The summed E-state index contributed by atoms with van der Waals surface area (Å²) in [7, 11) is 0. The van der Waals surface area contributed by atoms with Crippen LogP contribution in [0.5, 0.6) is 0 Å². The molecule has 21 heavy (non-hydrogen) atoms. The second-order valence-electron chi connectivity index (χ2n) is 5.87. The third kappa shape index (κ3) is 3.15. The standard InChI is InChI=1S/C19H21NO/c1-14-11-12-17(20-19(21)16-9-5-6-10-16)13-18(14)15-7-3-2-4-8-15/h2-4,7-8,11-13,16H,5-6,9-10H2,1H3,(H,20,21). The van der Waals surface area contributed by atoms with Gasteiger partial charge in [0.1, 0.15) is 0 Å². The molecular formula is C19H21NO. The van der Waals surface area contributed by atoms with Gasteiger partial charge in [0.15, 0.2) is 0 Å². The summed E-state index contributed by atoms with van der Waals surface area (Å²) < 4.78 is 0. The third-order valence-corrected chi connectivity index (χ3v) is 4.32. The first-order valence-electron chi connectivity index (χ1n) is 7.71. The van der Waals surface area contributed by atoms with Crippen LogP contribution < -0.4 is 5.32 Å². The second kappa shape index (κ2) is 6.13. The van der Waals surface area contributed by atoms with Crippen molar-refractivity contribution >= 4 is 11.6 Å². The Bertz CT molecular complexity index is 627. The maximum absolute atomic E-state index is 12.2. The van der Waals surface area contributed by atoms with E-state index in [4.69, 9.17) is 0 Å². The fraction of sp³-hybridized carbons (Fsp3) is 0.316. The fourth-order valence-corrected chi connectivity index (χ4v) is 3.06. The van der Waals surface area contributed by atoms with E-state index in [2.05, 4.69) is 36.5 Å². The highest BCUT2D eigenvalue weighted by molar-refractivity contribution is 5.93. The normalized spacial score (nSPS) is 15.1. The zero-order valence-electron chi connectivity index (χ0n) is 12.4. The Hall–Kier alpha value is -2.09. The molecule has 3 rings (SSSR count). The molecule has 0 heterocycles. The smallest absolute Gasteiger partial charge is 0.227 e. The molecule has 1 aliphatic carbocycles. The van der Waals surface area contributed by atoms with E-state index in [0.29, 0.717) is 0 Å². The zero-order valence-corrected chi connectivity index (χ0v) is 12.4. The lowest BCUT2D eigenvalue weighted by atomic mass is 9.99. The van der Waals surface area contributed by atoms with Gasteiger partial charge in [-0.05, 0) is 48.6 Å². The van der Waals surface area contributed by atoms with Gasteiger partial charge in [-0.25, -0.2) is 0 Å². The number of nitrogens with one attached hydrogen (secondary N) is 1. The first-order valence-corrected chi connectivity index (χ1v) is 7.71. The molecule has 0 aromatic heterocycles. The van der Waals surface area contributed by atoms with Crippen molar-refractivity contribution in [1.29, 1.82) is 0 Å². The predicted molar refractivity (Wildman–Crippen MR) is 87.2 cm³/mol. The number of carbonyl (C=O) groups excluding carboxylic acids is 1. The molecule has 1 fully saturated rings. The van der Waals surface area contributed by atoms with Crippen LogP contribution in [0, 0.1) is 12.8 Å². The number of rotatable bonds is 3. The lowest BCUT2D eigenvalue weighted by molar-refractivity contribution is -0.119. The first kappa shape index (κ1) is 13.9. The van der Waals surface area contributed by atoms with Crippen LogP contribution in [0.15, 0.2) is 48.5 Å². The highest BCUT2D eigenvalue weighted by Gasteiger charge is 2.22. The second-order valence-corrected chi connectivity index (χ2v) is 5.87. The predicted octanol–water partition coefficient (Wildman–Crippen LogP) is 4.79. The van der Waals surface area contributed by atoms with Gasteiger partial charge in [0.05, 0.1) is 0 Å². The molecule has 0 saturated heterocycles. The first-order chi connectivity index (χ1) is 10.2. The third-order valence-electron chi connectivity index (χ3n) is 4.32. The molecule has 1 N–H and O–H groups in total. The van der Waals surface area contributed by atoms with Crippen LogP contribution in [-0.4, -0.2) is 5.91 Å². The van der Waals surface area contributed by atoms with Gasteiger partial charge in [-0.15, -0.1) is 0 Å². The summed E-state index contributed by atoms with van der Waals surface area (Å²) in [6, 6.07) is 16.5. The summed E-state index contributed by atoms with van der Waals surface area (Å²) in [5.41, 5.74) is 4.49. The van der Waals surface area contributed by atoms with Crippen LogP contribution in [-0.2, 0) is 4.79 Å². The van der Waals surface area contributed by atoms with Crippen LogP contribution in [0.2, 0.25) is 0 Å². The average molecular weight is 279 g/mol. The van der Waals surface area contributed by atoms with Crippen LogP contribution >= 0.6 is 0 Å². The Labute approximate surface area is 126 Å². The maximum atomic E-state index is 12.2. The van der Waals surface area contributed by atoms with Gasteiger partial charge in [0.25, 0.3) is 0 Å². The van der Waals surface area contributed by atoms with Gasteiger partial charge in [-0.2, -0.15) is 0 Å². The van der Waals surface area contributed by atoms with E-state index >= 15 is 0 Å². The number of benzene rings is 2. The van der Waals surface area contributed by atoms with Crippen molar-refractivity contribution in [3.63, 3.8) is 0 Å². The number of amides is 1. The minimum absolute atomic E-state index is 0.176. The van der Waals surface area contributed by atoms with Crippen LogP contribution in [0.3, 0.4) is 0 Å². The molecule has 2 aromatic carbocycles. The molecular weight excluding hydrogens is 258 g/mol. The van der Waals surface area contributed by atoms with Crippen molar-refractivity contribution in [1.82, 2.24) is 0 Å². The molecule has 0 aliphatic heterocycles. The topological polar surface area (TPSA) is 29.1 Å². The highest BCUT2D eigenvalue weighted by atomic mass is 16.1. The fourth-order valence-electron chi connectivity index (χ4n) is 3.06. The number of aryl methyl sites for hydroxylation is 1. The Morgan fingerprint density at radius 1 is 1.05 bits per heavy atom. The summed E-state index contributed by atoms with van der Waals surface area (Å²) in [6.07, 6.45) is 4.43. The lowest BCUT2D eigenvalue weighted by Crippen LogP contribution is -2.20. The summed E-state index contributed by atoms with van der Waals surface area (Å²) in [5, 5.41) is 3.08. The highest BCUT2D eigenvalue weighted by Crippen LogP contribution is 2.29. The van der Waals surface area contributed by atoms with Crippen molar-refractivity contribution in [3.05, 3.63) is 54.1 Å². The average Bonchev–Trinajstić information content (AvgIpc) is 3.04. The lowest BCUT2D eigenvalue weighted by Gasteiger charge is -2.13. The van der Waals surface area contributed by atoms with E-state index in [1.807, 2.05) is 24.3 Å². The summed E-state index contributed by atoms with van der Waals surface area (Å²) in [4.78, 5) is 12.2. The zero-order chi connectivity index (χ0) is 14.7. The molecule has 0 unspecified atom stereocenters. The quantitative estimate of drug-likeness (QED) is 0.859. The summed E-state index contributed by atoms with van der Waals surface area (Å²) >= 11 is 0. The van der Waals surface area contributed by atoms with Crippen molar-refractivity contribution in [2.24, 2.45) is 5.92 Å². The monoisotopic (exact) mass is 279 g/mol. The van der Waals surface area contributed by atoms with Crippen LogP contribution in [0.25, 0.3) is 11.1 Å². The SMILES string of the molecule is Cc1ccc(NC(=O)C2CCCC2)cc1-c1ccccc1. The molecule has 0 radical (unpaired) electrons. The van der Waals surface area contributed by atoms with Gasteiger partial charge in [-0.1, -0.05) is 49.2 Å². The molecule has 2 heteroatoms. The number of carbonyl (C=O) groups is 1. The van der Waals surface area contributed by atoms with Gasteiger partial charge in [0, 0.05) is 11.6 Å². The molecule has 1 aliphatic rings. The number of hydrogen-bond acceptors (Lipinski definition) is 1. The molecule has 0 atom stereocenters. The van der Waals surface area contributed by atoms with Gasteiger partial charge < -0.3 is 5.32 Å². The van der Waals surface area contributed by atoms with E-state index in [-0.39, 0.29) is 11.8 Å². The molecule has 1 saturated carbocycles. The maximum Gasteiger partial charge on any atom is 0.227 e. The van der Waals surface area contributed by atoms with E-state index < -0.39 is 0 Å². The van der Waals surface area contributed by atoms with E-state index in [1.165, 1.54) is 29.5 Å². The van der Waals surface area contributed by atoms with E-state index in [0.717, 1.165) is 18.5 Å².